The summed E-state index contributed by atoms with van der Waals surface area (Å²) in [5.41, 5.74) is 5.36. The fraction of sp³-hybridized carbons (Fsp3) is 0.927. The first-order valence-corrected chi connectivity index (χ1v) is 23.1. The summed E-state index contributed by atoms with van der Waals surface area (Å²) in [5, 5.41) is 8.92. The van der Waals surface area contributed by atoms with E-state index in [-0.39, 0.29) is 12.8 Å². The van der Waals surface area contributed by atoms with Crippen LogP contribution in [-0.4, -0.2) is 59.9 Å². The van der Waals surface area contributed by atoms with Gasteiger partial charge in [0.2, 0.25) is 0 Å². The summed E-state index contributed by atoms with van der Waals surface area (Å²) in [7, 11) is -4.79. The van der Waals surface area contributed by atoms with Gasteiger partial charge in [0.15, 0.2) is 0 Å². The maximum Gasteiger partial charge on any atom is 0.472 e. The highest BCUT2D eigenvalue weighted by molar-refractivity contribution is 7.47. The molecule has 0 bridgehead atoms. The highest BCUT2D eigenvalue weighted by atomic mass is 31.2. The van der Waals surface area contributed by atoms with Crippen molar-refractivity contribution in [1.82, 2.24) is 0 Å². The number of carbonyl (C=O) groups is 3. The molecule has 0 radical (unpaired) electrons. The number of unbranched alkanes of at least 4 members (excludes halogenated alkanes) is 27. The number of aliphatic carboxylic acids is 1. The Morgan fingerprint density at radius 2 is 0.792 bits per heavy atom. The van der Waals surface area contributed by atoms with Gasteiger partial charge in [-0.15, -0.1) is 0 Å². The molecule has 0 rings (SSSR count). The lowest BCUT2D eigenvalue weighted by Gasteiger charge is -2.21. The molecule has 12 heteroatoms. The molecular formula is C41H80NO10P. The SMILES string of the molecule is CCCCCCCCCCCCCCCCCC(=O)OCC(COC(=O)CCCCCCCCCCCCCCCC)OP(=O)(O)OCC(N)C(=O)O. The fourth-order valence-electron chi connectivity index (χ4n) is 6.19. The molecule has 4 N–H and O–H groups in total. The second-order valence-corrected chi connectivity index (χ2v) is 16.3. The average Bonchev–Trinajstić information content (AvgIpc) is 3.13. The number of rotatable bonds is 41. The standard InChI is InChI=1S/C41H80NO10P/c1-3-5-7-9-11-13-15-17-19-21-23-25-27-29-31-33-40(44)50-35-37(52-53(47,48)51-36-38(42)41(45)46)34-49-39(43)32-30-28-26-24-22-20-18-16-14-12-10-8-6-4-2/h37-38H,3-36,42H2,1-2H3,(H,45,46)(H,47,48). The van der Waals surface area contributed by atoms with E-state index in [0.29, 0.717) is 12.8 Å². The van der Waals surface area contributed by atoms with Gasteiger partial charge in [-0.1, -0.05) is 187 Å². The van der Waals surface area contributed by atoms with Crippen LogP contribution in [0.15, 0.2) is 0 Å². The van der Waals surface area contributed by atoms with Gasteiger partial charge in [-0.3, -0.25) is 23.4 Å². The predicted molar refractivity (Wildman–Crippen MR) is 213 cm³/mol. The van der Waals surface area contributed by atoms with Crippen molar-refractivity contribution in [3.05, 3.63) is 0 Å². The summed E-state index contributed by atoms with van der Waals surface area (Å²) in [4.78, 5) is 45.9. The number of phosphoric ester groups is 1. The lowest BCUT2D eigenvalue weighted by atomic mass is 10.0. The quantitative estimate of drug-likeness (QED) is 0.0306. The van der Waals surface area contributed by atoms with E-state index in [4.69, 9.17) is 29.4 Å². The molecule has 0 aliphatic heterocycles. The molecule has 0 amide bonds. The third-order valence-corrected chi connectivity index (χ3v) is 10.6. The molecule has 314 valence electrons. The molecular weight excluding hydrogens is 697 g/mol. The largest absolute Gasteiger partial charge is 0.480 e. The zero-order valence-corrected chi connectivity index (χ0v) is 34.8. The summed E-state index contributed by atoms with van der Waals surface area (Å²) >= 11 is 0. The smallest absolute Gasteiger partial charge is 0.472 e. The first-order valence-electron chi connectivity index (χ1n) is 21.6. The number of ether oxygens (including phenoxy) is 2. The van der Waals surface area contributed by atoms with Crippen LogP contribution in [-0.2, 0) is 37.5 Å². The average molecular weight is 778 g/mol. The molecule has 0 aromatic rings. The molecule has 11 nitrogen and oxygen atoms in total. The fourth-order valence-corrected chi connectivity index (χ4v) is 7.10. The Labute approximate surface area is 323 Å². The Bertz CT molecular complexity index is 921. The van der Waals surface area contributed by atoms with Crippen LogP contribution < -0.4 is 5.73 Å². The molecule has 0 heterocycles. The minimum absolute atomic E-state index is 0.199. The maximum absolute atomic E-state index is 12.5. The summed E-state index contributed by atoms with van der Waals surface area (Å²) in [6.45, 7) is 2.86. The highest BCUT2D eigenvalue weighted by Gasteiger charge is 2.30. The molecule has 0 saturated carbocycles. The van der Waals surface area contributed by atoms with Gasteiger partial charge in [0.05, 0.1) is 6.61 Å². The van der Waals surface area contributed by atoms with Crippen molar-refractivity contribution in [2.45, 2.75) is 225 Å². The highest BCUT2D eigenvalue weighted by Crippen LogP contribution is 2.44. The molecule has 53 heavy (non-hydrogen) atoms. The molecule has 3 atom stereocenters. The first-order chi connectivity index (χ1) is 25.6. The van der Waals surface area contributed by atoms with E-state index in [9.17, 15) is 23.8 Å². The Hall–Kier alpha value is -1.52. The maximum atomic E-state index is 12.5. The second kappa shape index (κ2) is 37.4. The number of nitrogens with two attached hydrogens (primary N) is 1. The number of carboxylic acids is 1. The van der Waals surface area contributed by atoms with Crippen molar-refractivity contribution in [2.24, 2.45) is 5.73 Å². The van der Waals surface area contributed by atoms with Gasteiger partial charge in [-0.2, -0.15) is 0 Å². The van der Waals surface area contributed by atoms with Crippen molar-refractivity contribution in [3.8, 4) is 0 Å². The van der Waals surface area contributed by atoms with E-state index < -0.39 is 57.7 Å². The van der Waals surface area contributed by atoms with Crippen molar-refractivity contribution < 1.29 is 47.5 Å². The topological polar surface area (TPSA) is 172 Å². The first kappa shape index (κ1) is 51.5. The molecule has 0 saturated heterocycles. The summed E-state index contributed by atoms with van der Waals surface area (Å²) in [6, 6.07) is -1.53. The third-order valence-electron chi connectivity index (χ3n) is 9.60. The predicted octanol–water partition coefficient (Wildman–Crippen LogP) is 11.1. The number of phosphoric acid groups is 1. The summed E-state index contributed by atoms with van der Waals surface area (Å²) < 4.78 is 32.9. The number of hydrogen-bond donors (Lipinski definition) is 3. The van der Waals surface area contributed by atoms with Crippen molar-refractivity contribution in [1.29, 1.82) is 0 Å². The van der Waals surface area contributed by atoms with E-state index in [0.717, 1.165) is 38.5 Å². The normalized spacial score (nSPS) is 13.7. The van der Waals surface area contributed by atoms with Gasteiger partial charge in [0.1, 0.15) is 25.4 Å². The zero-order valence-electron chi connectivity index (χ0n) is 33.9. The van der Waals surface area contributed by atoms with E-state index in [1.165, 1.54) is 135 Å². The molecule has 3 unspecified atom stereocenters. The van der Waals surface area contributed by atoms with Crippen LogP contribution >= 0.6 is 7.82 Å². The lowest BCUT2D eigenvalue weighted by Crippen LogP contribution is -2.35. The van der Waals surface area contributed by atoms with Crippen molar-refractivity contribution in [2.75, 3.05) is 19.8 Å². The minimum Gasteiger partial charge on any atom is -0.480 e. The van der Waals surface area contributed by atoms with Crippen molar-refractivity contribution in [3.63, 3.8) is 0 Å². The summed E-state index contributed by atoms with van der Waals surface area (Å²) in [6.07, 6.45) is 34.3. The minimum atomic E-state index is -4.79. The van der Waals surface area contributed by atoms with Gasteiger partial charge in [0.25, 0.3) is 0 Å². The van der Waals surface area contributed by atoms with Crippen LogP contribution in [0.4, 0.5) is 0 Å². The van der Waals surface area contributed by atoms with Gasteiger partial charge in [-0.25, -0.2) is 4.57 Å². The molecule has 0 fully saturated rings. The van der Waals surface area contributed by atoms with Gasteiger partial charge < -0.3 is 25.2 Å². The van der Waals surface area contributed by atoms with Crippen LogP contribution in [0.1, 0.15) is 213 Å². The van der Waals surface area contributed by atoms with Crippen LogP contribution in [0.3, 0.4) is 0 Å². The van der Waals surface area contributed by atoms with Crippen LogP contribution in [0.2, 0.25) is 0 Å². The molecule has 0 aliphatic rings. The van der Waals surface area contributed by atoms with Gasteiger partial charge in [-0.05, 0) is 12.8 Å². The monoisotopic (exact) mass is 778 g/mol. The number of esters is 2. The molecule has 0 spiro atoms. The second-order valence-electron chi connectivity index (χ2n) is 14.8. The molecule has 0 aromatic heterocycles. The van der Waals surface area contributed by atoms with E-state index in [1.54, 1.807) is 0 Å². The molecule has 0 aromatic carbocycles. The van der Waals surface area contributed by atoms with Crippen LogP contribution in [0, 0.1) is 0 Å². The third kappa shape index (κ3) is 37.2. The number of carboxylic acid groups (broad SMARTS) is 1. The van der Waals surface area contributed by atoms with Crippen LogP contribution in [0.25, 0.3) is 0 Å². The number of carbonyl (C=O) groups excluding carboxylic acids is 2. The Balaban J connectivity index is 4.29. The van der Waals surface area contributed by atoms with E-state index in [2.05, 4.69) is 13.8 Å². The summed E-state index contributed by atoms with van der Waals surface area (Å²) in [5.74, 6) is -2.38. The zero-order chi connectivity index (χ0) is 39.3. The van der Waals surface area contributed by atoms with Gasteiger partial charge in [0, 0.05) is 12.8 Å². The van der Waals surface area contributed by atoms with Gasteiger partial charge >= 0.3 is 25.7 Å². The van der Waals surface area contributed by atoms with Crippen LogP contribution in [0.5, 0.6) is 0 Å². The van der Waals surface area contributed by atoms with E-state index in [1.807, 2.05) is 0 Å². The number of hydrogen-bond acceptors (Lipinski definition) is 9. The molecule has 0 aliphatic carbocycles. The Kier molecular flexibility index (Phi) is 36.3. The Morgan fingerprint density at radius 1 is 0.509 bits per heavy atom. The van der Waals surface area contributed by atoms with Crippen molar-refractivity contribution >= 4 is 25.7 Å². The Morgan fingerprint density at radius 3 is 1.08 bits per heavy atom. The lowest BCUT2D eigenvalue weighted by molar-refractivity contribution is -0.152. The van der Waals surface area contributed by atoms with E-state index >= 15 is 0 Å².